The lowest BCUT2D eigenvalue weighted by atomic mass is 9.99. The van der Waals surface area contributed by atoms with Crippen LogP contribution in [0.25, 0.3) is 0 Å². The second-order valence-electron chi connectivity index (χ2n) is 4.31. The predicted octanol–water partition coefficient (Wildman–Crippen LogP) is 3.73. The van der Waals surface area contributed by atoms with Crippen molar-refractivity contribution in [2.24, 2.45) is 5.73 Å². The molecule has 0 saturated carbocycles. The van der Waals surface area contributed by atoms with E-state index in [1.807, 2.05) is 24.3 Å². The summed E-state index contributed by atoms with van der Waals surface area (Å²) in [4.78, 5) is 0. The normalized spacial score (nSPS) is 12.2. The Balaban J connectivity index is 2.20. The molecule has 100 valence electrons. The van der Waals surface area contributed by atoms with Gasteiger partial charge in [-0.3, -0.25) is 0 Å². The van der Waals surface area contributed by atoms with Crippen LogP contribution in [0.1, 0.15) is 17.2 Å². The smallest absolute Gasteiger partial charge is 0.146 e. The number of halogens is 2. The van der Waals surface area contributed by atoms with Crippen LogP contribution in [0.5, 0.6) is 5.75 Å². The van der Waals surface area contributed by atoms with Crippen molar-refractivity contribution in [3.05, 3.63) is 64.4 Å². The average molecular weight is 280 g/mol. The molecular formula is C15H15ClFNO. The first-order valence-electron chi connectivity index (χ1n) is 5.94. The number of methoxy groups -OCH3 is 1. The molecule has 0 saturated heterocycles. The minimum atomic E-state index is -0.445. The number of nitrogens with two attached hydrogens (primary N) is 1. The molecule has 2 rings (SSSR count). The molecule has 0 aromatic heterocycles. The summed E-state index contributed by atoms with van der Waals surface area (Å²) in [7, 11) is 1.61. The Morgan fingerprint density at radius 3 is 2.74 bits per heavy atom. The third kappa shape index (κ3) is 3.25. The lowest BCUT2D eigenvalue weighted by Gasteiger charge is -2.14. The van der Waals surface area contributed by atoms with E-state index in [0.717, 1.165) is 11.3 Å². The number of rotatable bonds is 4. The van der Waals surface area contributed by atoms with Gasteiger partial charge in [0.05, 0.1) is 12.1 Å². The third-order valence-corrected chi connectivity index (χ3v) is 3.26. The largest absolute Gasteiger partial charge is 0.497 e. The lowest BCUT2D eigenvalue weighted by molar-refractivity contribution is 0.414. The van der Waals surface area contributed by atoms with Gasteiger partial charge in [-0.25, -0.2) is 4.39 Å². The van der Waals surface area contributed by atoms with Gasteiger partial charge in [-0.1, -0.05) is 35.9 Å². The highest BCUT2D eigenvalue weighted by molar-refractivity contribution is 6.30. The van der Waals surface area contributed by atoms with Crippen molar-refractivity contribution in [3.63, 3.8) is 0 Å². The van der Waals surface area contributed by atoms with Crippen LogP contribution in [0.3, 0.4) is 0 Å². The monoisotopic (exact) mass is 279 g/mol. The molecule has 1 unspecified atom stereocenters. The van der Waals surface area contributed by atoms with E-state index in [4.69, 9.17) is 22.1 Å². The molecule has 0 aliphatic rings. The maximum Gasteiger partial charge on any atom is 0.146 e. The van der Waals surface area contributed by atoms with Crippen LogP contribution in [-0.2, 0) is 6.42 Å². The molecule has 2 aromatic rings. The van der Waals surface area contributed by atoms with E-state index in [2.05, 4.69) is 0 Å². The zero-order valence-electron chi connectivity index (χ0n) is 10.6. The zero-order chi connectivity index (χ0) is 13.8. The fraction of sp³-hybridized carbons (Fsp3) is 0.200. The van der Waals surface area contributed by atoms with Gasteiger partial charge in [0.2, 0.25) is 0 Å². The van der Waals surface area contributed by atoms with E-state index in [9.17, 15) is 4.39 Å². The lowest BCUT2D eigenvalue weighted by Crippen LogP contribution is -2.15. The van der Waals surface area contributed by atoms with Crippen LogP contribution in [0, 0.1) is 5.82 Å². The summed E-state index contributed by atoms with van der Waals surface area (Å²) in [6.45, 7) is 0. The maximum absolute atomic E-state index is 13.9. The van der Waals surface area contributed by atoms with Gasteiger partial charge in [0, 0.05) is 11.6 Å². The van der Waals surface area contributed by atoms with Crippen LogP contribution < -0.4 is 10.5 Å². The summed E-state index contributed by atoms with van der Waals surface area (Å²) in [5.74, 6) is 0.316. The molecule has 0 spiro atoms. The molecule has 0 bridgehead atoms. The molecule has 0 radical (unpaired) electrons. The number of ether oxygens (including phenoxy) is 1. The molecular weight excluding hydrogens is 265 g/mol. The first-order valence-corrected chi connectivity index (χ1v) is 6.32. The highest BCUT2D eigenvalue weighted by Crippen LogP contribution is 2.25. The van der Waals surface area contributed by atoms with Crippen molar-refractivity contribution in [1.82, 2.24) is 0 Å². The molecule has 0 fully saturated rings. The van der Waals surface area contributed by atoms with E-state index in [-0.39, 0.29) is 5.02 Å². The maximum atomic E-state index is 13.9. The summed E-state index contributed by atoms with van der Waals surface area (Å²) in [6, 6.07) is 12.0. The summed E-state index contributed by atoms with van der Waals surface area (Å²) in [5, 5.41) is 0.0959. The SMILES string of the molecule is COc1cccc(CC(N)c2cccc(Cl)c2F)c1. The second kappa shape index (κ2) is 6.04. The van der Waals surface area contributed by atoms with Crippen molar-refractivity contribution >= 4 is 11.6 Å². The van der Waals surface area contributed by atoms with Gasteiger partial charge >= 0.3 is 0 Å². The summed E-state index contributed by atoms with van der Waals surface area (Å²) >= 11 is 5.76. The molecule has 4 heteroatoms. The van der Waals surface area contributed by atoms with Crippen LogP contribution in [0.15, 0.2) is 42.5 Å². The highest BCUT2D eigenvalue weighted by atomic mass is 35.5. The van der Waals surface area contributed by atoms with Gasteiger partial charge in [0.15, 0.2) is 0 Å². The molecule has 0 aliphatic heterocycles. The van der Waals surface area contributed by atoms with E-state index in [1.165, 1.54) is 6.07 Å². The minimum absolute atomic E-state index is 0.0959. The van der Waals surface area contributed by atoms with E-state index >= 15 is 0 Å². The van der Waals surface area contributed by atoms with Gasteiger partial charge < -0.3 is 10.5 Å². The van der Waals surface area contributed by atoms with Gasteiger partial charge in [-0.2, -0.15) is 0 Å². The van der Waals surface area contributed by atoms with E-state index in [0.29, 0.717) is 12.0 Å². The zero-order valence-corrected chi connectivity index (χ0v) is 11.3. The van der Waals surface area contributed by atoms with Gasteiger partial charge in [-0.05, 0) is 30.2 Å². The standard InChI is InChI=1S/C15H15ClFNO/c1-19-11-5-2-4-10(8-11)9-14(18)12-6-3-7-13(16)15(12)17/h2-8,14H,9,18H2,1H3. The third-order valence-electron chi connectivity index (χ3n) is 2.97. The Morgan fingerprint density at radius 2 is 2.00 bits per heavy atom. The molecule has 2 aromatic carbocycles. The fourth-order valence-corrected chi connectivity index (χ4v) is 2.15. The molecule has 2 nitrogen and oxygen atoms in total. The molecule has 19 heavy (non-hydrogen) atoms. The summed E-state index contributed by atoms with van der Waals surface area (Å²) < 4.78 is 19.0. The van der Waals surface area contributed by atoms with Gasteiger partial charge in [0.25, 0.3) is 0 Å². The Kier molecular flexibility index (Phi) is 4.40. The van der Waals surface area contributed by atoms with Crippen LogP contribution >= 0.6 is 11.6 Å². The van der Waals surface area contributed by atoms with Crippen LogP contribution in [0.4, 0.5) is 4.39 Å². The van der Waals surface area contributed by atoms with E-state index in [1.54, 1.807) is 19.2 Å². The molecule has 0 heterocycles. The fourth-order valence-electron chi connectivity index (χ4n) is 1.97. The van der Waals surface area contributed by atoms with Crippen molar-refractivity contribution in [3.8, 4) is 5.75 Å². The Morgan fingerprint density at radius 1 is 1.26 bits per heavy atom. The molecule has 1 atom stereocenters. The van der Waals surface area contributed by atoms with Crippen molar-refractivity contribution in [2.75, 3.05) is 7.11 Å². The topological polar surface area (TPSA) is 35.2 Å². The Hall–Kier alpha value is -1.58. The first-order chi connectivity index (χ1) is 9.11. The van der Waals surface area contributed by atoms with Gasteiger partial charge in [0.1, 0.15) is 11.6 Å². The Labute approximate surface area is 117 Å². The number of hydrogen-bond donors (Lipinski definition) is 1. The van der Waals surface area contributed by atoms with Crippen molar-refractivity contribution in [1.29, 1.82) is 0 Å². The summed E-state index contributed by atoms with van der Waals surface area (Å²) in [5.41, 5.74) is 7.47. The molecule has 2 N–H and O–H groups in total. The van der Waals surface area contributed by atoms with Crippen LogP contribution in [-0.4, -0.2) is 7.11 Å². The van der Waals surface area contributed by atoms with Gasteiger partial charge in [-0.15, -0.1) is 0 Å². The van der Waals surface area contributed by atoms with Crippen molar-refractivity contribution < 1.29 is 9.13 Å². The minimum Gasteiger partial charge on any atom is -0.497 e. The van der Waals surface area contributed by atoms with Crippen molar-refractivity contribution in [2.45, 2.75) is 12.5 Å². The predicted molar refractivity (Wildman–Crippen MR) is 75.0 cm³/mol. The summed E-state index contributed by atoms with van der Waals surface area (Å²) in [6.07, 6.45) is 0.522. The van der Waals surface area contributed by atoms with Crippen LogP contribution in [0.2, 0.25) is 5.02 Å². The highest BCUT2D eigenvalue weighted by Gasteiger charge is 2.14. The molecule has 0 amide bonds. The first kappa shape index (κ1) is 13.8. The van der Waals surface area contributed by atoms with E-state index < -0.39 is 11.9 Å². The quantitative estimate of drug-likeness (QED) is 0.925. The number of hydrogen-bond acceptors (Lipinski definition) is 2. The molecule has 0 aliphatic carbocycles. The second-order valence-corrected chi connectivity index (χ2v) is 4.71. The Bertz CT molecular complexity index is 574. The number of benzene rings is 2. The average Bonchev–Trinajstić information content (AvgIpc) is 2.42.